The summed E-state index contributed by atoms with van der Waals surface area (Å²) in [7, 11) is 0. The number of nitrogens with two attached hydrogens (primary N) is 1. The fourth-order valence-electron chi connectivity index (χ4n) is 2.61. The van der Waals surface area contributed by atoms with E-state index >= 15 is 0 Å². The molecule has 18 heavy (non-hydrogen) atoms. The van der Waals surface area contributed by atoms with Gasteiger partial charge in [0.15, 0.2) is 0 Å². The number of anilines is 1. The molecule has 1 heterocycles. The third kappa shape index (κ3) is 1.31. The molecule has 0 aliphatic carbocycles. The van der Waals surface area contributed by atoms with E-state index in [1.165, 1.54) is 0 Å². The van der Waals surface area contributed by atoms with E-state index in [1.54, 1.807) is 0 Å². The average molecular weight is 240 g/mol. The molecular formula is C15H16N2O. The monoisotopic (exact) mass is 240 g/mol. The van der Waals surface area contributed by atoms with Crippen LogP contribution < -0.4 is 10.6 Å². The second-order valence-corrected chi connectivity index (χ2v) is 5.34. The first-order valence-corrected chi connectivity index (χ1v) is 6.12. The summed E-state index contributed by atoms with van der Waals surface area (Å²) < 4.78 is 0. The number of hydrogen-bond acceptors (Lipinski definition) is 2. The third-order valence-electron chi connectivity index (χ3n) is 3.66. The van der Waals surface area contributed by atoms with E-state index in [4.69, 9.17) is 5.73 Å². The molecule has 1 amide bonds. The van der Waals surface area contributed by atoms with Gasteiger partial charge in [0.2, 0.25) is 0 Å². The number of nitrogens with zero attached hydrogens (tertiary/aromatic N) is 1. The number of hydrogen-bond donors (Lipinski definition) is 1. The van der Waals surface area contributed by atoms with Crippen molar-refractivity contribution < 1.29 is 4.79 Å². The van der Waals surface area contributed by atoms with Gasteiger partial charge in [0, 0.05) is 17.5 Å². The zero-order valence-corrected chi connectivity index (χ0v) is 10.6. The molecular weight excluding hydrogens is 224 g/mol. The van der Waals surface area contributed by atoms with Gasteiger partial charge in [-0.3, -0.25) is 4.79 Å². The molecule has 0 unspecified atom stereocenters. The highest BCUT2D eigenvalue weighted by molar-refractivity contribution is 6.25. The van der Waals surface area contributed by atoms with Crippen LogP contribution in [0.5, 0.6) is 0 Å². The molecule has 0 saturated heterocycles. The Kier molecular flexibility index (Phi) is 2.22. The van der Waals surface area contributed by atoms with Crippen LogP contribution in [0.25, 0.3) is 10.8 Å². The molecule has 0 bridgehead atoms. The first kappa shape index (κ1) is 11.2. The summed E-state index contributed by atoms with van der Waals surface area (Å²) in [6, 6.07) is 11.9. The van der Waals surface area contributed by atoms with E-state index in [2.05, 4.69) is 0 Å². The molecule has 2 N–H and O–H groups in total. The van der Waals surface area contributed by atoms with Crippen LogP contribution in [0, 0.1) is 0 Å². The molecule has 2 aromatic carbocycles. The molecule has 3 nitrogen and oxygen atoms in total. The average Bonchev–Trinajstić information content (AvgIpc) is 2.66. The zero-order valence-electron chi connectivity index (χ0n) is 10.6. The van der Waals surface area contributed by atoms with Crippen LogP contribution in [-0.2, 0) is 0 Å². The van der Waals surface area contributed by atoms with Gasteiger partial charge >= 0.3 is 0 Å². The van der Waals surface area contributed by atoms with Crippen LogP contribution in [0.2, 0.25) is 0 Å². The number of amides is 1. The minimum Gasteiger partial charge on any atom is -0.328 e. The van der Waals surface area contributed by atoms with Gasteiger partial charge in [-0.25, -0.2) is 0 Å². The van der Waals surface area contributed by atoms with Crippen molar-refractivity contribution in [3.05, 3.63) is 42.0 Å². The summed E-state index contributed by atoms with van der Waals surface area (Å²) in [5.74, 6) is 0.0530. The molecule has 2 aromatic rings. The number of rotatable bonds is 2. The maximum atomic E-state index is 12.6. The maximum absolute atomic E-state index is 12.6. The van der Waals surface area contributed by atoms with Crippen molar-refractivity contribution in [2.45, 2.75) is 19.4 Å². The summed E-state index contributed by atoms with van der Waals surface area (Å²) >= 11 is 0. The predicted molar refractivity (Wildman–Crippen MR) is 73.9 cm³/mol. The molecule has 0 spiro atoms. The van der Waals surface area contributed by atoms with Crippen molar-refractivity contribution in [3.63, 3.8) is 0 Å². The van der Waals surface area contributed by atoms with E-state index in [-0.39, 0.29) is 11.4 Å². The van der Waals surface area contributed by atoms with Crippen molar-refractivity contribution in [2.24, 2.45) is 5.73 Å². The minimum absolute atomic E-state index is 0.0530. The van der Waals surface area contributed by atoms with Crippen LogP contribution in [0.3, 0.4) is 0 Å². The van der Waals surface area contributed by atoms with Gasteiger partial charge in [0.25, 0.3) is 5.91 Å². The molecule has 1 aliphatic rings. The van der Waals surface area contributed by atoms with E-state index < -0.39 is 0 Å². The summed E-state index contributed by atoms with van der Waals surface area (Å²) in [5.41, 5.74) is 7.20. The second-order valence-electron chi connectivity index (χ2n) is 5.34. The Morgan fingerprint density at radius 1 is 1.17 bits per heavy atom. The van der Waals surface area contributed by atoms with Crippen LogP contribution >= 0.6 is 0 Å². The van der Waals surface area contributed by atoms with Crippen LogP contribution in [0.15, 0.2) is 36.4 Å². The van der Waals surface area contributed by atoms with Crippen molar-refractivity contribution in [1.82, 2.24) is 0 Å². The third-order valence-corrected chi connectivity index (χ3v) is 3.66. The number of carbonyl (C=O) groups excluding carboxylic acids is 1. The molecule has 0 aromatic heterocycles. The fourth-order valence-corrected chi connectivity index (χ4v) is 2.61. The smallest absolute Gasteiger partial charge is 0.259 e. The fraction of sp³-hybridized carbons (Fsp3) is 0.267. The van der Waals surface area contributed by atoms with Crippen molar-refractivity contribution in [2.75, 3.05) is 11.4 Å². The lowest BCUT2D eigenvalue weighted by Crippen LogP contribution is -2.51. The van der Waals surface area contributed by atoms with Gasteiger partial charge in [-0.15, -0.1) is 0 Å². The highest BCUT2D eigenvalue weighted by Crippen LogP contribution is 2.40. The van der Waals surface area contributed by atoms with E-state index in [9.17, 15) is 4.79 Å². The molecule has 0 atom stereocenters. The van der Waals surface area contributed by atoms with E-state index in [0.29, 0.717) is 6.54 Å². The first-order valence-electron chi connectivity index (χ1n) is 6.12. The zero-order chi connectivity index (χ0) is 12.9. The molecule has 92 valence electrons. The summed E-state index contributed by atoms with van der Waals surface area (Å²) in [4.78, 5) is 14.4. The Balaban J connectivity index is 2.32. The quantitative estimate of drug-likeness (QED) is 0.876. The topological polar surface area (TPSA) is 46.3 Å². The van der Waals surface area contributed by atoms with Crippen LogP contribution in [0.4, 0.5) is 5.69 Å². The Hall–Kier alpha value is -1.87. The van der Waals surface area contributed by atoms with Crippen molar-refractivity contribution >= 4 is 22.4 Å². The van der Waals surface area contributed by atoms with Gasteiger partial charge in [-0.1, -0.05) is 24.3 Å². The second kappa shape index (κ2) is 3.56. The molecule has 0 fully saturated rings. The van der Waals surface area contributed by atoms with Gasteiger partial charge in [-0.2, -0.15) is 0 Å². The molecule has 3 heteroatoms. The van der Waals surface area contributed by atoms with Gasteiger partial charge in [0.05, 0.1) is 11.2 Å². The molecule has 0 radical (unpaired) electrons. The van der Waals surface area contributed by atoms with Crippen LogP contribution in [0.1, 0.15) is 24.2 Å². The Morgan fingerprint density at radius 2 is 1.83 bits per heavy atom. The van der Waals surface area contributed by atoms with E-state index in [0.717, 1.165) is 22.0 Å². The van der Waals surface area contributed by atoms with Gasteiger partial charge < -0.3 is 10.6 Å². The minimum atomic E-state index is -0.371. The number of carbonyl (C=O) groups is 1. The maximum Gasteiger partial charge on any atom is 0.259 e. The highest BCUT2D eigenvalue weighted by atomic mass is 16.2. The largest absolute Gasteiger partial charge is 0.328 e. The lowest BCUT2D eigenvalue weighted by molar-refractivity contribution is 0.0971. The van der Waals surface area contributed by atoms with Crippen molar-refractivity contribution in [3.8, 4) is 0 Å². The van der Waals surface area contributed by atoms with Crippen LogP contribution in [-0.4, -0.2) is 18.0 Å². The summed E-state index contributed by atoms with van der Waals surface area (Å²) in [5, 5.41) is 2.15. The normalized spacial score (nSPS) is 14.6. The predicted octanol–water partition coefficient (Wildman–Crippen LogP) is 2.54. The molecule has 0 saturated carbocycles. The standard InChI is InChI=1S/C15H16N2O/c1-15(2,9-16)17-12-8-4-6-10-5-3-7-11(13(10)12)14(17)18/h3-8H,9,16H2,1-2H3. The lowest BCUT2D eigenvalue weighted by Gasteiger charge is -2.35. The van der Waals surface area contributed by atoms with Gasteiger partial charge in [-0.05, 0) is 31.4 Å². The van der Waals surface area contributed by atoms with Gasteiger partial charge in [0.1, 0.15) is 0 Å². The lowest BCUT2D eigenvalue weighted by atomic mass is 10.0. The van der Waals surface area contributed by atoms with E-state index in [1.807, 2.05) is 55.1 Å². The highest BCUT2D eigenvalue weighted by Gasteiger charge is 2.38. The Labute approximate surface area is 106 Å². The summed E-state index contributed by atoms with van der Waals surface area (Å²) in [6.07, 6.45) is 0. The Morgan fingerprint density at radius 3 is 2.50 bits per heavy atom. The number of benzene rings is 2. The molecule has 1 aliphatic heterocycles. The summed E-state index contributed by atoms with van der Waals surface area (Å²) in [6.45, 7) is 4.42. The Bertz CT molecular complexity index is 641. The molecule has 3 rings (SSSR count). The van der Waals surface area contributed by atoms with Crippen molar-refractivity contribution in [1.29, 1.82) is 0 Å². The first-order chi connectivity index (χ1) is 8.56. The SMILES string of the molecule is CC(C)(CN)N1C(=O)c2cccc3cccc1c23.